The number of hydrogen-bond donors (Lipinski definition) is 2. The van der Waals surface area contributed by atoms with Crippen LogP contribution in [0.1, 0.15) is 50.4 Å². The van der Waals surface area contributed by atoms with E-state index in [2.05, 4.69) is 22.2 Å². The van der Waals surface area contributed by atoms with Crippen molar-refractivity contribution in [3.8, 4) is 11.3 Å². The summed E-state index contributed by atoms with van der Waals surface area (Å²) in [5.41, 5.74) is 2.30. The molecule has 174 valence electrons. The summed E-state index contributed by atoms with van der Waals surface area (Å²) in [6.45, 7) is 9.58. The molecule has 0 radical (unpaired) electrons. The number of aromatic nitrogens is 1. The van der Waals surface area contributed by atoms with Crippen LogP contribution < -0.4 is 10.6 Å². The number of carbonyl (C=O) groups is 3. The Bertz CT molecular complexity index is 1080. The first-order valence-corrected chi connectivity index (χ1v) is 11.8. The van der Waals surface area contributed by atoms with Crippen LogP contribution in [0.15, 0.2) is 41.8 Å². The highest BCUT2D eigenvalue weighted by atomic mass is 32.1. The molecule has 9 heteroatoms. The molecule has 4 rings (SSSR count). The van der Waals surface area contributed by atoms with Crippen molar-refractivity contribution in [2.45, 2.75) is 57.7 Å². The van der Waals surface area contributed by atoms with Crippen LogP contribution in [0, 0.1) is 0 Å². The summed E-state index contributed by atoms with van der Waals surface area (Å²) >= 11 is 1.30. The SMILES string of the molecule is C=C1CC(C(=O)Nc2nc(-c3ccc(C(=O)NC4CC4)cc3)cs2)N(C(=O)OC(C)(C)C)C1. The summed E-state index contributed by atoms with van der Waals surface area (Å²) in [7, 11) is 0. The van der Waals surface area contributed by atoms with Gasteiger partial charge in [0.15, 0.2) is 5.13 Å². The smallest absolute Gasteiger partial charge is 0.411 e. The lowest BCUT2D eigenvalue weighted by Gasteiger charge is -2.27. The fraction of sp³-hybridized carbons (Fsp3) is 0.417. The maximum Gasteiger partial charge on any atom is 0.411 e. The van der Waals surface area contributed by atoms with Crippen molar-refractivity contribution in [3.05, 3.63) is 47.4 Å². The van der Waals surface area contributed by atoms with Gasteiger partial charge >= 0.3 is 6.09 Å². The predicted molar refractivity (Wildman–Crippen MR) is 127 cm³/mol. The van der Waals surface area contributed by atoms with Gasteiger partial charge in [0.25, 0.3) is 5.91 Å². The lowest BCUT2D eigenvalue weighted by atomic mass is 10.1. The largest absolute Gasteiger partial charge is 0.444 e. The van der Waals surface area contributed by atoms with E-state index in [-0.39, 0.29) is 18.4 Å². The minimum absolute atomic E-state index is 0.0667. The van der Waals surface area contributed by atoms with E-state index in [0.717, 1.165) is 24.0 Å². The molecule has 1 unspecified atom stereocenters. The number of likely N-dealkylation sites (tertiary alicyclic amines) is 1. The molecule has 8 nitrogen and oxygen atoms in total. The Labute approximate surface area is 197 Å². The van der Waals surface area contributed by atoms with Gasteiger partial charge in [-0.3, -0.25) is 14.5 Å². The van der Waals surface area contributed by atoms with Crippen LogP contribution in [0.3, 0.4) is 0 Å². The molecule has 2 N–H and O–H groups in total. The average molecular weight is 469 g/mol. The second-order valence-corrected chi connectivity index (χ2v) is 10.3. The standard InChI is InChI=1S/C24H28N4O4S/c1-14-11-19(28(12-14)23(31)32-24(2,3)4)21(30)27-22-26-18(13-33-22)15-5-7-16(8-6-15)20(29)25-17-9-10-17/h5-8,13,17,19H,1,9-12H2,2-4H3,(H,25,29)(H,26,27,30). The number of anilines is 1. The third-order valence-electron chi connectivity index (χ3n) is 5.27. The Balaban J connectivity index is 1.40. The van der Waals surface area contributed by atoms with E-state index >= 15 is 0 Å². The first kappa shape index (κ1) is 23.0. The van der Waals surface area contributed by atoms with Gasteiger partial charge in [-0.25, -0.2) is 9.78 Å². The third-order valence-corrected chi connectivity index (χ3v) is 6.03. The number of ether oxygens (including phenoxy) is 1. The highest BCUT2D eigenvalue weighted by Gasteiger charge is 2.38. The van der Waals surface area contributed by atoms with Crippen molar-refractivity contribution >= 4 is 34.4 Å². The summed E-state index contributed by atoms with van der Waals surface area (Å²) in [5.74, 6) is -0.393. The number of rotatable bonds is 5. The fourth-order valence-corrected chi connectivity index (χ4v) is 4.21. The van der Waals surface area contributed by atoms with E-state index in [1.165, 1.54) is 16.2 Å². The highest BCUT2D eigenvalue weighted by molar-refractivity contribution is 7.14. The number of carbonyl (C=O) groups excluding carboxylic acids is 3. The van der Waals surface area contributed by atoms with Crippen molar-refractivity contribution in [2.24, 2.45) is 0 Å². The number of amides is 3. The molecule has 2 fully saturated rings. The second-order valence-electron chi connectivity index (χ2n) is 9.43. The molecule has 2 heterocycles. The molecule has 1 aliphatic carbocycles. The van der Waals surface area contributed by atoms with Crippen LogP contribution in [0.4, 0.5) is 9.93 Å². The number of thiazole rings is 1. The first-order valence-electron chi connectivity index (χ1n) is 10.9. The van der Waals surface area contributed by atoms with Crippen LogP contribution in [0.5, 0.6) is 0 Å². The quantitative estimate of drug-likeness (QED) is 0.641. The van der Waals surface area contributed by atoms with Gasteiger partial charge < -0.3 is 15.4 Å². The fourth-order valence-electron chi connectivity index (χ4n) is 3.49. The lowest BCUT2D eigenvalue weighted by Crippen LogP contribution is -2.45. The van der Waals surface area contributed by atoms with E-state index in [4.69, 9.17) is 4.74 Å². The maximum atomic E-state index is 12.9. The highest BCUT2D eigenvalue weighted by Crippen LogP contribution is 2.28. The third kappa shape index (κ3) is 5.78. The van der Waals surface area contributed by atoms with E-state index in [9.17, 15) is 14.4 Å². The molecule has 1 aromatic heterocycles. The monoisotopic (exact) mass is 468 g/mol. The van der Waals surface area contributed by atoms with Gasteiger partial charge in [0.2, 0.25) is 5.91 Å². The average Bonchev–Trinajstić information content (AvgIpc) is 3.27. The molecule has 2 aromatic rings. The number of nitrogens with one attached hydrogen (secondary N) is 2. The minimum Gasteiger partial charge on any atom is -0.444 e. The maximum absolute atomic E-state index is 12.9. The molecule has 0 bridgehead atoms. The Hall–Kier alpha value is -3.20. The van der Waals surface area contributed by atoms with Crippen LogP contribution in [0.25, 0.3) is 11.3 Å². The number of hydrogen-bond acceptors (Lipinski definition) is 6. The van der Waals surface area contributed by atoms with E-state index in [1.54, 1.807) is 32.9 Å². The van der Waals surface area contributed by atoms with Gasteiger partial charge in [0, 0.05) is 29.1 Å². The summed E-state index contributed by atoms with van der Waals surface area (Å²) in [4.78, 5) is 43.5. The Morgan fingerprint density at radius 1 is 1.18 bits per heavy atom. The minimum atomic E-state index is -0.691. The van der Waals surface area contributed by atoms with Crippen molar-refractivity contribution in [2.75, 3.05) is 11.9 Å². The van der Waals surface area contributed by atoms with Gasteiger partial charge in [0.1, 0.15) is 11.6 Å². The summed E-state index contributed by atoms with van der Waals surface area (Å²) in [6, 6.07) is 6.84. The van der Waals surface area contributed by atoms with E-state index < -0.39 is 17.7 Å². The summed E-state index contributed by atoms with van der Waals surface area (Å²) in [6.07, 6.45) is 1.93. The van der Waals surface area contributed by atoms with Crippen LogP contribution in [0.2, 0.25) is 0 Å². The molecule has 1 saturated carbocycles. The first-order chi connectivity index (χ1) is 15.6. The zero-order valence-corrected chi connectivity index (χ0v) is 19.8. The van der Waals surface area contributed by atoms with Gasteiger partial charge in [-0.15, -0.1) is 11.3 Å². The molecule has 3 amide bonds. The van der Waals surface area contributed by atoms with E-state index in [0.29, 0.717) is 28.9 Å². The Morgan fingerprint density at radius 2 is 1.88 bits per heavy atom. The van der Waals surface area contributed by atoms with Crippen molar-refractivity contribution in [1.82, 2.24) is 15.2 Å². The molecule has 1 aromatic carbocycles. The predicted octanol–water partition coefficient (Wildman–Crippen LogP) is 4.21. The molecule has 1 atom stereocenters. The van der Waals surface area contributed by atoms with Crippen LogP contribution in [-0.4, -0.2) is 52.0 Å². The Kier molecular flexibility index (Phi) is 6.25. The topological polar surface area (TPSA) is 101 Å². The molecular weight excluding hydrogens is 440 g/mol. The molecule has 1 saturated heterocycles. The number of benzene rings is 1. The molecule has 2 aliphatic rings. The Morgan fingerprint density at radius 3 is 2.52 bits per heavy atom. The second kappa shape index (κ2) is 8.97. The summed E-state index contributed by atoms with van der Waals surface area (Å²) in [5, 5.41) is 8.06. The lowest BCUT2D eigenvalue weighted by molar-refractivity contribution is -0.120. The zero-order chi connectivity index (χ0) is 23.8. The van der Waals surface area contributed by atoms with Crippen LogP contribution >= 0.6 is 11.3 Å². The van der Waals surface area contributed by atoms with Gasteiger partial charge in [-0.2, -0.15) is 0 Å². The van der Waals surface area contributed by atoms with Gasteiger partial charge in [0.05, 0.1) is 5.69 Å². The summed E-state index contributed by atoms with van der Waals surface area (Å²) < 4.78 is 5.44. The van der Waals surface area contributed by atoms with Crippen molar-refractivity contribution in [3.63, 3.8) is 0 Å². The molecule has 1 aliphatic heterocycles. The van der Waals surface area contributed by atoms with Gasteiger partial charge in [-0.05, 0) is 52.2 Å². The molecule has 0 spiro atoms. The molecular formula is C24H28N4O4S. The van der Waals surface area contributed by atoms with Crippen molar-refractivity contribution < 1.29 is 19.1 Å². The van der Waals surface area contributed by atoms with Crippen LogP contribution in [-0.2, 0) is 9.53 Å². The normalized spacial score (nSPS) is 18.2. The zero-order valence-electron chi connectivity index (χ0n) is 19.0. The number of nitrogens with zero attached hydrogens (tertiary/aromatic N) is 2. The van der Waals surface area contributed by atoms with Crippen molar-refractivity contribution in [1.29, 1.82) is 0 Å². The molecule has 33 heavy (non-hydrogen) atoms. The van der Waals surface area contributed by atoms with E-state index in [1.807, 2.05) is 17.5 Å². The van der Waals surface area contributed by atoms with Gasteiger partial charge in [-0.1, -0.05) is 24.3 Å².